The smallest absolute Gasteiger partial charge is 0.0964 e. The molecule has 3 rings (SSSR count). The van der Waals surface area contributed by atoms with Crippen molar-refractivity contribution in [1.29, 1.82) is 0 Å². The lowest BCUT2D eigenvalue weighted by Crippen LogP contribution is -1.83. The fraction of sp³-hybridized carbons (Fsp3) is 0. The predicted octanol–water partition coefficient (Wildman–Crippen LogP) is 2.78. The molecular weight excluding hydrogens is 172 g/mol. The molecule has 0 saturated carbocycles. The van der Waals surface area contributed by atoms with Crippen molar-refractivity contribution < 1.29 is 2.74 Å². The maximum absolute atomic E-state index is 7.92. The molecule has 0 saturated heterocycles. The maximum Gasteiger partial charge on any atom is 0.0964 e. The van der Waals surface area contributed by atoms with E-state index < -0.39 is 0 Å². The van der Waals surface area contributed by atoms with E-state index in [4.69, 9.17) is 2.74 Å². The van der Waals surface area contributed by atoms with Gasteiger partial charge in [-0.3, -0.25) is 9.97 Å². The van der Waals surface area contributed by atoms with Crippen LogP contribution in [0.3, 0.4) is 0 Å². The minimum Gasteiger partial charge on any atom is -0.254 e. The van der Waals surface area contributed by atoms with Crippen molar-refractivity contribution in [2.45, 2.75) is 0 Å². The molecule has 2 heterocycles. The number of benzene rings is 1. The molecule has 0 aliphatic heterocycles. The lowest BCUT2D eigenvalue weighted by Gasteiger charge is -2.00. The van der Waals surface area contributed by atoms with Gasteiger partial charge in [0.15, 0.2) is 0 Å². The van der Waals surface area contributed by atoms with Gasteiger partial charge in [0, 0.05) is 23.2 Å². The molecule has 66 valence electrons. The van der Waals surface area contributed by atoms with Crippen molar-refractivity contribution >= 4 is 21.8 Å². The Labute approximate surface area is 84.0 Å². The predicted molar refractivity (Wildman–Crippen MR) is 57.0 cm³/mol. The van der Waals surface area contributed by atoms with E-state index in [0.29, 0.717) is 21.8 Å². The minimum absolute atomic E-state index is 0.212. The molecular formula is C12H8N2. The molecule has 2 aromatic heterocycles. The molecule has 0 radical (unpaired) electrons. The van der Waals surface area contributed by atoms with Crippen LogP contribution in [-0.2, 0) is 0 Å². The summed E-state index contributed by atoms with van der Waals surface area (Å²) < 4.78 is 15.8. The highest BCUT2D eigenvalue weighted by Crippen LogP contribution is 2.20. The zero-order valence-corrected chi connectivity index (χ0v) is 7.36. The van der Waals surface area contributed by atoms with E-state index in [-0.39, 0.29) is 12.1 Å². The van der Waals surface area contributed by atoms with E-state index >= 15 is 0 Å². The van der Waals surface area contributed by atoms with Crippen molar-refractivity contribution in [2.24, 2.45) is 0 Å². The number of hydrogen-bond donors (Lipinski definition) is 0. The van der Waals surface area contributed by atoms with E-state index in [2.05, 4.69) is 9.97 Å². The van der Waals surface area contributed by atoms with Crippen LogP contribution in [0.2, 0.25) is 0 Å². The van der Waals surface area contributed by atoms with Crippen LogP contribution >= 0.6 is 0 Å². The second-order valence-electron chi connectivity index (χ2n) is 3.05. The highest BCUT2D eigenvalue weighted by atomic mass is 14.7. The number of rotatable bonds is 0. The van der Waals surface area contributed by atoms with Gasteiger partial charge < -0.3 is 0 Å². The van der Waals surface area contributed by atoms with Gasteiger partial charge in [-0.1, -0.05) is 24.2 Å². The Hall–Kier alpha value is -1.96. The summed E-state index contributed by atoms with van der Waals surface area (Å²) in [6.45, 7) is 0. The molecule has 0 fully saturated rings. The summed E-state index contributed by atoms with van der Waals surface area (Å²) in [5, 5.41) is 1.36. The van der Waals surface area contributed by atoms with Crippen LogP contribution < -0.4 is 0 Å². The third-order valence-corrected chi connectivity index (χ3v) is 2.17. The summed E-state index contributed by atoms with van der Waals surface area (Å²) in [4.78, 5) is 8.49. The summed E-state index contributed by atoms with van der Waals surface area (Å²) in [6.07, 6.45) is 3.36. The first-order valence-corrected chi connectivity index (χ1v) is 4.37. The minimum atomic E-state index is 0.212. The van der Waals surface area contributed by atoms with Crippen molar-refractivity contribution in [1.82, 2.24) is 9.97 Å². The average Bonchev–Trinajstić information content (AvgIpc) is 2.36. The van der Waals surface area contributed by atoms with Crippen molar-refractivity contribution in [3.05, 3.63) is 48.7 Å². The van der Waals surface area contributed by atoms with Crippen LogP contribution in [0, 0.1) is 0 Å². The topological polar surface area (TPSA) is 25.8 Å². The Morgan fingerprint density at radius 3 is 1.86 bits per heavy atom. The molecule has 0 spiro atoms. The number of nitrogens with zero attached hydrogens (tertiary/aromatic N) is 2. The van der Waals surface area contributed by atoms with Gasteiger partial charge in [0.05, 0.1) is 13.8 Å². The number of hydrogen-bond acceptors (Lipinski definition) is 2. The highest BCUT2D eigenvalue weighted by Gasteiger charge is 2.00. The first kappa shape index (κ1) is 5.70. The van der Waals surface area contributed by atoms with Crippen molar-refractivity contribution in [2.75, 3.05) is 0 Å². The molecule has 0 amide bonds. The largest absolute Gasteiger partial charge is 0.254 e. The Bertz CT molecular complexity index is 634. The monoisotopic (exact) mass is 182 g/mol. The van der Waals surface area contributed by atoms with Crippen LogP contribution in [-0.4, -0.2) is 9.97 Å². The van der Waals surface area contributed by atoms with Gasteiger partial charge in [-0.05, 0) is 12.1 Å². The summed E-state index contributed by atoms with van der Waals surface area (Å²) in [7, 11) is 0. The normalized spacial score (nSPS) is 12.9. The molecule has 0 aliphatic carbocycles. The van der Waals surface area contributed by atoms with Crippen LogP contribution in [0.15, 0.2) is 48.7 Å². The quantitative estimate of drug-likeness (QED) is 0.499. The van der Waals surface area contributed by atoms with Gasteiger partial charge in [0.2, 0.25) is 0 Å². The third kappa shape index (κ3) is 0.973. The Kier molecular flexibility index (Phi) is 1.13. The van der Waals surface area contributed by atoms with E-state index in [9.17, 15) is 0 Å². The molecule has 0 N–H and O–H groups in total. The van der Waals surface area contributed by atoms with Gasteiger partial charge in [0.1, 0.15) is 0 Å². The van der Waals surface area contributed by atoms with Crippen LogP contribution in [0.5, 0.6) is 0 Å². The average molecular weight is 182 g/mol. The fourth-order valence-electron chi connectivity index (χ4n) is 1.52. The van der Waals surface area contributed by atoms with E-state index in [1.807, 2.05) is 0 Å². The second-order valence-corrected chi connectivity index (χ2v) is 3.05. The van der Waals surface area contributed by atoms with Gasteiger partial charge in [-0.25, -0.2) is 0 Å². The molecule has 2 heteroatoms. The molecule has 0 aliphatic rings. The highest BCUT2D eigenvalue weighted by molar-refractivity contribution is 6.02. The van der Waals surface area contributed by atoms with Crippen molar-refractivity contribution in [3.63, 3.8) is 0 Å². The Morgan fingerprint density at radius 1 is 0.857 bits per heavy atom. The van der Waals surface area contributed by atoms with Gasteiger partial charge >= 0.3 is 0 Å². The zero-order valence-electron chi connectivity index (χ0n) is 9.36. The Morgan fingerprint density at radius 2 is 1.36 bits per heavy atom. The molecule has 2 nitrogen and oxygen atoms in total. The van der Waals surface area contributed by atoms with Gasteiger partial charge in [-0.15, -0.1) is 0 Å². The lowest BCUT2D eigenvalue weighted by atomic mass is 10.1. The van der Waals surface area contributed by atoms with E-state index in [1.165, 1.54) is 0 Å². The molecule has 3 aromatic rings. The summed E-state index contributed by atoms with van der Waals surface area (Å²) in [5.74, 6) is 0. The number of pyridine rings is 2. The molecule has 0 atom stereocenters. The SMILES string of the molecule is [2H]c1c([2H])c2cccnc2c2ncccc12. The summed E-state index contributed by atoms with van der Waals surface area (Å²) in [6, 6.07) is 7.57. The van der Waals surface area contributed by atoms with Gasteiger partial charge in [0.25, 0.3) is 0 Å². The summed E-state index contributed by atoms with van der Waals surface area (Å²) >= 11 is 0. The molecule has 1 aromatic carbocycles. The maximum atomic E-state index is 7.92. The van der Waals surface area contributed by atoms with Crippen LogP contribution in [0.25, 0.3) is 21.8 Å². The number of fused-ring (bicyclic) bond motifs is 3. The van der Waals surface area contributed by atoms with Crippen LogP contribution in [0.1, 0.15) is 2.74 Å². The third-order valence-electron chi connectivity index (χ3n) is 2.17. The first-order chi connectivity index (χ1) is 7.79. The molecule has 0 unspecified atom stereocenters. The zero-order chi connectivity index (χ0) is 11.1. The lowest BCUT2D eigenvalue weighted by molar-refractivity contribution is 1.37. The number of aromatic nitrogens is 2. The summed E-state index contributed by atoms with van der Waals surface area (Å²) in [5.41, 5.74) is 1.39. The van der Waals surface area contributed by atoms with E-state index in [1.54, 1.807) is 36.7 Å². The van der Waals surface area contributed by atoms with Gasteiger partial charge in [-0.2, -0.15) is 0 Å². The molecule has 14 heavy (non-hydrogen) atoms. The fourth-order valence-corrected chi connectivity index (χ4v) is 1.52. The standard InChI is InChI=1S/C12H8N2/c1-3-9-5-6-10-4-2-8-14-12(10)11(9)13-7-1/h1-8H/i5D,6D. The first-order valence-electron chi connectivity index (χ1n) is 5.37. The molecule has 0 bridgehead atoms. The van der Waals surface area contributed by atoms with Crippen LogP contribution in [0.4, 0.5) is 0 Å². The Balaban J connectivity index is 2.69. The second kappa shape index (κ2) is 2.77. The van der Waals surface area contributed by atoms with E-state index in [0.717, 1.165) is 0 Å². The van der Waals surface area contributed by atoms with Crippen molar-refractivity contribution in [3.8, 4) is 0 Å².